The molecule has 4 nitrogen and oxygen atoms in total. The number of benzene rings is 2. The molecule has 0 unspecified atom stereocenters. The van der Waals surface area contributed by atoms with Gasteiger partial charge in [-0.3, -0.25) is 5.73 Å². The van der Waals surface area contributed by atoms with Gasteiger partial charge in [-0.25, -0.2) is 0 Å². The standard InChI is InChI=1S/C11H10N2O2S/c12-10-4-3-7-5-9(11(13)16(14)15)2-1-8(7)6-10/h1-6H,12-13H2. The topological polar surface area (TPSA) is 86.2 Å². The van der Waals surface area contributed by atoms with Crippen molar-refractivity contribution in [1.29, 1.82) is 0 Å². The van der Waals surface area contributed by atoms with E-state index in [9.17, 15) is 8.42 Å². The van der Waals surface area contributed by atoms with Gasteiger partial charge >= 0.3 is 0 Å². The van der Waals surface area contributed by atoms with Crippen LogP contribution < -0.4 is 11.5 Å². The van der Waals surface area contributed by atoms with Crippen LogP contribution in [0.1, 0.15) is 5.56 Å². The quantitative estimate of drug-likeness (QED) is 0.563. The Kier molecular flexibility index (Phi) is 2.64. The zero-order chi connectivity index (χ0) is 11.7. The van der Waals surface area contributed by atoms with Gasteiger partial charge in [0.2, 0.25) is 10.3 Å². The Morgan fingerprint density at radius 2 is 1.62 bits per heavy atom. The Labute approximate surface area is 94.0 Å². The van der Waals surface area contributed by atoms with Gasteiger partial charge in [0.1, 0.15) is 4.99 Å². The van der Waals surface area contributed by atoms with E-state index in [-0.39, 0.29) is 4.99 Å². The van der Waals surface area contributed by atoms with E-state index in [0.29, 0.717) is 11.3 Å². The van der Waals surface area contributed by atoms with E-state index >= 15 is 0 Å². The highest BCUT2D eigenvalue weighted by Gasteiger charge is 2.01. The summed E-state index contributed by atoms with van der Waals surface area (Å²) in [6, 6.07) is 10.6. The van der Waals surface area contributed by atoms with E-state index in [1.165, 1.54) is 0 Å². The summed E-state index contributed by atoms with van der Waals surface area (Å²) in [6.45, 7) is 0. The molecule has 2 rings (SSSR count). The fourth-order valence-corrected chi connectivity index (χ4v) is 1.83. The summed E-state index contributed by atoms with van der Waals surface area (Å²) in [5.74, 6) is 0. The summed E-state index contributed by atoms with van der Waals surface area (Å²) < 4.78 is 21.4. The van der Waals surface area contributed by atoms with Crippen molar-refractivity contribution in [3.05, 3.63) is 42.0 Å². The average Bonchev–Trinajstić information content (AvgIpc) is 2.27. The maximum Gasteiger partial charge on any atom is 0.232 e. The van der Waals surface area contributed by atoms with Crippen LogP contribution in [0, 0.1) is 0 Å². The van der Waals surface area contributed by atoms with Crippen LogP contribution in [0.4, 0.5) is 5.69 Å². The minimum atomic E-state index is -2.39. The second-order valence-electron chi connectivity index (χ2n) is 3.42. The molecule has 0 aliphatic carbocycles. The van der Waals surface area contributed by atoms with Crippen molar-refractivity contribution < 1.29 is 8.42 Å². The molecule has 0 saturated carbocycles. The number of hydrogen-bond donors (Lipinski definition) is 2. The molecule has 0 saturated heterocycles. The molecule has 0 fully saturated rings. The third kappa shape index (κ3) is 1.91. The van der Waals surface area contributed by atoms with Gasteiger partial charge in [-0.1, -0.05) is 18.2 Å². The van der Waals surface area contributed by atoms with Crippen LogP contribution >= 0.6 is 0 Å². The highest BCUT2D eigenvalue weighted by Crippen LogP contribution is 2.18. The van der Waals surface area contributed by atoms with E-state index in [4.69, 9.17) is 11.5 Å². The first kappa shape index (κ1) is 10.7. The second kappa shape index (κ2) is 3.96. The molecule has 82 valence electrons. The number of anilines is 1. The Balaban J connectivity index is 2.71. The maximum atomic E-state index is 10.7. The lowest BCUT2D eigenvalue weighted by Gasteiger charge is -2.02. The van der Waals surface area contributed by atoms with Gasteiger partial charge in [-0.2, -0.15) is 8.42 Å². The van der Waals surface area contributed by atoms with Gasteiger partial charge in [0.05, 0.1) is 0 Å². The summed E-state index contributed by atoms with van der Waals surface area (Å²) in [5.41, 5.74) is 12.2. The molecule has 0 atom stereocenters. The molecule has 0 spiro atoms. The zero-order valence-electron chi connectivity index (χ0n) is 8.34. The lowest BCUT2D eigenvalue weighted by atomic mass is 10.1. The van der Waals surface area contributed by atoms with Crippen LogP contribution in [-0.4, -0.2) is 13.4 Å². The molecular formula is C11H10N2O2S. The number of nitrogens with two attached hydrogens (primary N) is 2. The van der Waals surface area contributed by atoms with Gasteiger partial charge in [0, 0.05) is 11.3 Å². The Morgan fingerprint density at radius 1 is 1.00 bits per heavy atom. The van der Waals surface area contributed by atoms with E-state index in [0.717, 1.165) is 10.8 Å². The lowest BCUT2D eigenvalue weighted by molar-refractivity contribution is 0.627. The molecule has 0 aromatic heterocycles. The van der Waals surface area contributed by atoms with Crippen molar-refractivity contribution in [3.8, 4) is 0 Å². The van der Waals surface area contributed by atoms with Crippen LogP contribution in [0.3, 0.4) is 0 Å². The lowest BCUT2D eigenvalue weighted by Crippen LogP contribution is -2.13. The van der Waals surface area contributed by atoms with Crippen LogP contribution in [0.15, 0.2) is 36.4 Å². The molecule has 0 aliphatic rings. The summed E-state index contributed by atoms with van der Waals surface area (Å²) in [4.78, 5) is -0.154. The molecule has 2 aromatic rings. The molecule has 0 bridgehead atoms. The highest BCUT2D eigenvalue weighted by molar-refractivity contribution is 7.73. The predicted octanol–water partition coefficient (Wildman–Crippen LogP) is 0.738. The molecule has 0 aliphatic heterocycles. The Hall–Kier alpha value is -1.85. The molecule has 16 heavy (non-hydrogen) atoms. The van der Waals surface area contributed by atoms with Crippen LogP contribution in [0.2, 0.25) is 0 Å². The van der Waals surface area contributed by atoms with Crippen molar-refractivity contribution in [2.24, 2.45) is 5.73 Å². The van der Waals surface area contributed by atoms with Crippen molar-refractivity contribution >= 4 is 31.7 Å². The molecule has 0 heterocycles. The molecular weight excluding hydrogens is 224 g/mol. The highest BCUT2D eigenvalue weighted by atomic mass is 32.2. The third-order valence-electron chi connectivity index (χ3n) is 2.33. The predicted molar refractivity (Wildman–Crippen MR) is 65.6 cm³/mol. The van der Waals surface area contributed by atoms with E-state index in [2.05, 4.69) is 0 Å². The van der Waals surface area contributed by atoms with Crippen LogP contribution in [-0.2, 0) is 10.3 Å². The van der Waals surface area contributed by atoms with Crippen molar-refractivity contribution in [1.82, 2.24) is 0 Å². The number of nitrogen functional groups attached to an aromatic ring is 1. The fourth-order valence-electron chi connectivity index (χ4n) is 1.51. The van der Waals surface area contributed by atoms with Crippen LogP contribution in [0.5, 0.6) is 0 Å². The number of hydrogen-bond acceptors (Lipinski definition) is 3. The average molecular weight is 234 g/mol. The summed E-state index contributed by atoms with van der Waals surface area (Å²) in [5, 5.41) is 1.85. The van der Waals surface area contributed by atoms with Gasteiger partial charge in [0.25, 0.3) is 0 Å². The van der Waals surface area contributed by atoms with Crippen molar-refractivity contribution in [2.75, 3.05) is 5.73 Å². The van der Waals surface area contributed by atoms with E-state index in [1.54, 1.807) is 24.3 Å². The van der Waals surface area contributed by atoms with Gasteiger partial charge in [0.15, 0.2) is 0 Å². The molecule has 0 amide bonds. The molecule has 2 aromatic carbocycles. The largest absolute Gasteiger partial charge is 0.399 e. The number of rotatable bonds is 1. The number of fused-ring (bicyclic) bond motifs is 1. The summed E-state index contributed by atoms with van der Waals surface area (Å²) in [7, 11) is -2.39. The van der Waals surface area contributed by atoms with Gasteiger partial charge < -0.3 is 5.73 Å². The monoisotopic (exact) mass is 234 g/mol. The SMILES string of the molecule is NC(c1ccc2cc(N)ccc2c1)=S(=O)=O. The molecule has 0 radical (unpaired) electrons. The van der Waals surface area contributed by atoms with Gasteiger partial charge in [-0.15, -0.1) is 0 Å². The summed E-state index contributed by atoms with van der Waals surface area (Å²) >= 11 is 0. The van der Waals surface area contributed by atoms with Gasteiger partial charge in [-0.05, 0) is 29.0 Å². The molecule has 5 heteroatoms. The first-order valence-corrected chi connectivity index (χ1v) is 5.67. The smallest absolute Gasteiger partial charge is 0.232 e. The van der Waals surface area contributed by atoms with Crippen molar-refractivity contribution in [2.45, 2.75) is 0 Å². The Morgan fingerprint density at radius 3 is 2.31 bits per heavy atom. The second-order valence-corrected chi connectivity index (χ2v) is 4.33. The minimum absolute atomic E-state index is 0.154. The maximum absolute atomic E-state index is 10.7. The van der Waals surface area contributed by atoms with Crippen LogP contribution in [0.25, 0.3) is 10.8 Å². The van der Waals surface area contributed by atoms with E-state index < -0.39 is 10.3 Å². The third-order valence-corrected chi connectivity index (χ3v) is 2.92. The normalized spacial score (nSPS) is 10.3. The Bertz CT molecular complexity index is 682. The van der Waals surface area contributed by atoms with Crippen molar-refractivity contribution in [3.63, 3.8) is 0 Å². The molecule has 4 N–H and O–H groups in total. The fraction of sp³-hybridized carbons (Fsp3) is 0. The summed E-state index contributed by atoms with van der Waals surface area (Å²) in [6.07, 6.45) is 0. The van der Waals surface area contributed by atoms with E-state index in [1.807, 2.05) is 12.1 Å². The minimum Gasteiger partial charge on any atom is -0.399 e. The first-order chi connectivity index (χ1) is 7.58. The zero-order valence-corrected chi connectivity index (χ0v) is 9.16. The first-order valence-electron chi connectivity index (χ1n) is 4.59.